The molecule has 0 saturated carbocycles. The van der Waals surface area contributed by atoms with Crippen LogP contribution in [0.4, 0.5) is 0 Å². The van der Waals surface area contributed by atoms with E-state index in [1.807, 2.05) is 0 Å². The summed E-state index contributed by atoms with van der Waals surface area (Å²) < 4.78 is 21.9. The maximum atomic E-state index is 13.1. The van der Waals surface area contributed by atoms with Crippen LogP contribution in [0.2, 0.25) is 0 Å². The van der Waals surface area contributed by atoms with E-state index < -0.39 is 29.2 Å². The van der Waals surface area contributed by atoms with E-state index in [1.165, 1.54) is 0 Å². The van der Waals surface area contributed by atoms with E-state index in [2.05, 4.69) is 4.98 Å². The van der Waals surface area contributed by atoms with Gasteiger partial charge in [-0.2, -0.15) is 0 Å². The third-order valence-electron chi connectivity index (χ3n) is 5.59. The van der Waals surface area contributed by atoms with Crippen molar-refractivity contribution < 1.29 is 23.4 Å². The van der Waals surface area contributed by atoms with Crippen LogP contribution in [0.25, 0.3) is 21.9 Å². The van der Waals surface area contributed by atoms with Crippen LogP contribution in [0.1, 0.15) is 24.0 Å². The van der Waals surface area contributed by atoms with Gasteiger partial charge in [0.15, 0.2) is 0 Å². The fourth-order valence-corrected chi connectivity index (χ4v) is 4.16. The monoisotopic (exact) mass is 433 g/mol. The van der Waals surface area contributed by atoms with Crippen molar-refractivity contribution in [3.8, 4) is 11.5 Å². The van der Waals surface area contributed by atoms with Gasteiger partial charge in [-0.3, -0.25) is 4.79 Å². The molecular formula is C24H19NO7. The number of esters is 1. The van der Waals surface area contributed by atoms with Crippen LogP contribution in [-0.4, -0.2) is 30.8 Å². The number of ether oxygens (including phenoxy) is 3. The van der Waals surface area contributed by atoms with Gasteiger partial charge in [-0.1, -0.05) is 12.1 Å². The Balaban J connectivity index is 1.79. The average molecular weight is 433 g/mol. The number of hydrogen-bond donors (Lipinski definition) is 1. The number of methoxy groups -OCH3 is 1. The van der Waals surface area contributed by atoms with E-state index in [9.17, 15) is 14.4 Å². The number of carbonyl (C=O) groups excluding carboxylic acids is 1. The molecule has 32 heavy (non-hydrogen) atoms. The second kappa shape index (κ2) is 7.56. The van der Waals surface area contributed by atoms with Crippen LogP contribution < -0.4 is 20.7 Å². The first-order valence-corrected chi connectivity index (χ1v) is 10.1. The summed E-state index contributed by atoms with van der Waals surface area (Å²) in [6, 6.07) is 13.7. The molecule has 0 fully saturated rings. The number of carbonyl (C=O) groups is 1. The number of hydrogen-bond acceptors (Lipinski definition) is 7. The Morgan fingerprint density at radius 3 is 2.72 bits per heavy atom. The molecule has 0 spiro atoms. The summed E-state index contributed by atoms with van der Waals surface area (Å²) >= 11 is 0. The number of pyridine rings is 1. The Morgan fingerprint density at radius 2 is 1.94 bits per heavy atom. The largest absolute Gasteiger partial charge is 0.497 e. The van der Waals surface area contributed by atoms with Crippen molar-refractivity contribution in [1.29, 1.82) is 0 Å². The second-order valence-corrected chi connectivity index (χ2v) is 7.40. The summed E-state index contributed by atoms with van der Waals surface area (Å²) in [5.74, 6) is -0.831. The fourth-order valence-electron chi connectivity index (χ4n) is 4.16. The Hall–Kier alpha value is -4.07. The molecule has 2 atom stereocenters. The first-order valence-electron chi connectivity index (χ1n) is 10.1. The van der Waals surface area contributed by atoms with Crippen LogP contribution in [0, 0.1) is 0 Å². The van der Waals surface area contributed by atoms with Crippen molar-refractivity contribution in [2.24, 2.45) is 0 Å². The molecule has 0 amide bonds. The lowest BCUT2D eigenvalue weighted by Crippen LogP contribution is -2.35. The predicted octanol–water partition coefficient (Wildman–Crippen LogP) is 3.10. The minimum Gasteiger partial charge on any atom is -0.497 e. The Bertz CT molecular complexity index is 1480. The third-order valence-corrected chi connectivity index (χ3v) is 5.59. The fraction of sp³-hybridized carbons (Fsp3) is 0.208. The molecule has 0 radical (unpaired) electrons. The number of para-hydroxylation sites is 1. The zero-order valence-electron chi connectivity index (χ0n) is 17.3. The molecule has 1 aliphatic heterocycles. The van der Waals surface area contributed by atoms with E-state index >= 15 is 0 Å². The summed E-state index contributed by atoms with van der Waals surface area (Å²) in [5, 5.41) is 1.22. The molecule has 0 saturated heterocycles. The number of rotatable bonds is 4. The normalized spacial score (nSPS) is 17.2. The molecule has 0 unspecified atom stereocenters. The van der Waals surface area contributed by atoms with Gasteiger partial charge in [0.2, 0.25) is 6.10 Å². The van der Waals surface area contributed by atoms with Gasteiger partial charge >= 0.3 is 11.6 Å². The van der Waals surface area contributed by atoms with Crippen LogP contribution in [0.15, 0.2) is 62.5 Å². The lowest BCUT2D eigenvalue weighted by molar-refractivity contribution is -0.151. The first kappa shape index (κ1) is 19.9. The number of H-pyrrole nitrogens is 1. The lowest BCUT2D eigenvalue weighted by Gasteiger charge is -2.17. The van der Waals surface area contributed by atoms with E-state index in [-0.39, 0.29) is 23.5 Å². The van der Waals surface area contributed by atoms with Crippen LogP contribution in [0.5, 0.6) is 11.5 Å². The third kappa shape index (κ3) is 3.03. The number of aromatic amines is 1. The Labute approximate surface area is 181 Å². The van der Waals surface area contributed by atoms with Crippen molar-refractivity contribution in [3.05, 3.63) is 80.4 Å². The lowest BCUT2D eigenvalue weighted by atomic mass is 9.88. The van der Waals surface area contributed by atoms with Crippen molar-refractivity contribution in [3.63, 3.8) is 0 Å². The number of fused-ring (bicyclic) bond motifs is 4. The van der Waals surface area contributed by atoms with Crippen molar-refractivity contribution in [1.82, 2.24) is 4.98 Å². The molecule has 1 aliphatic rings. The molecule has 8 heteroatoms. The zero-order valence-corrected chi connectivity index (χ0v) is 17.3. The molecular weight excluding hydrogens is 414 g/mol. The van der Waals surface area contributed by atoms with Crippen LogP contribution in [-0.2, 0) is 9.53 Å². The van der Waals surface area contributed by atoms with Gasteiger partial charge in [0.1, 0.15) is 17.1 Å². The van der Waals surface area contributed by atoms with Gasteiger partial charge in [0.25, 0.3) is 5.56 Å². The van der Waals surface area contributed by atoms with Crippen LogP contribution >= 0.6 is 0 Å². The summed E-state index contributed by atoms with van der Waals surface area (Å²) in [4.78, 5) is 41.7. The zero-order chi connectivity index (χ0) is 22.4. The van der Waals surface area contributed by atoms with Gasteiger partial charge < -0.3 is 23.6 Å². The first-order chi connectivity index (χ1) is 15.5. The van der Waals surface area contributed by atoms with Gasteiger partial charge in [-0.15, -0.1) is 0 Å². The molecule has 2 aromatic carbocycles. The Morgan fingerprint density at radius 1 is 1.12 bits per heavy atom. The highest BCUT2D eigenvalue weighted by Gasteiger charge is 2.46. The second-order valence-electron chi connectivity index (χ2n) is 7.40. The topological polar surface area (TPSA) is 108 Å². The predicted molar refractivity (Wildman–Crippen MR) is 116 cm³/mol. The average Bonchev–Trinajstić information content (AvgIpc) is 3.20. The molecule has 4 aromatic rings. The molecule has 2 aromatic heterocycles. The maximum Gasteiger partial charge on any atom is 0.348 e. The highest BCUT2D eigenvalue weighted by Crippen LogP contribution is 2.44. The molecule has 1 N–H and O–H groups in total. The van der Waals surface area contributed by atoms with Gasteiger partial charge in [0, 0.05) is 16.5 Å². The summed E-state index contributed by atoms with van der Waals surface area (Å²) in [7, 11) is 1.54. The Kier molecular flexibility index (Phi) is 4.70. The van der Waals surface area contributed by atoms with E-state index in [0.717, 1.165) is 0 Å². The van der Waals surface area contributed by atoms with Gasteiger partial charge in [-0.25, -0.2) is 9.59 Å². The minimum absolute atomic E-state index is 0.120. The molecule has 5 rings (SSSR count). The number of benzene rings is 2. The summed E-state index contributed by atoms with van der Waals surface area (Å²) in [5.41, 5.74) is 0.139. The minimum atomic E-state index is -1.21. The quantitative estimate of drug-likeness (QED) is 0.389. The molecule has 0 aliphatic carbocycles. The standard InChI is InChI=1S/C24H19NO7/c1-3-30-24(28)21-18(15-11-12-10-13(29-2)8-9-16(12)25-22(15)26)19-20(32-21)14-6-4-5-7-17(14)31-23(19)27/h4-11,18,21H,3H2,1-2H3,(H,25,26)/t18-,21+/m1/s1. The van der Waals surface area contributed by atoms with Gasteiger partial charge in [-0.05, 0) is 43.3 Å². The number of nitrogens with one attached hydrogen (secondary N) is 1. The van der Waals surface area contributed by atoms with Crippen molar-refractivity contribution >= 4 is 27.8 Å². The number of aromatic nitrogens is 1. The van der Waals surface area contributed by atoms with E-state index in [4.69, 9.17) is 18.6 Å². The van der Waals surface area contributed by atoms with Crippen LogP contribution in [0.3, 0.4) is 0 Å². The SMILES string of the molecule is CCOC(=O)[C@H]1Oc2c(c(=O)oc3ccccc23)[C@H]1c1cc2cc(OC)ccc2[nH]c1=O. The summed E-state index contributed by atoms with van der Waals surface area (Å²) in [6.45, 7) is 1.80. The molecule has 0 bridgehead atoms. The molecule has 8 nitrogen and oxygen atoms in total. The van der Waals surface area contributed by atoms with Crippen molar-refractivity contribution in [2.45, 2.75) is 18.9 Å². The highest BCUT2D eigenvalue weighted by atomic mass is 16.6. The van der Waals surface area contributed by atoms with E-state index in [0.29, 0.717) is 27.6 Å². The van der Waals surface area contributed by atoms with Gasteiger partial charge in [0.05, 0.1) is 30.6 Å². The smallest absolute Gasteiger partial charge is 0.348 e. The molecule has 3 heterocycles. The van der Waals surface area contributed by atoms with E-state index in [1.54, 1.807) is 62.6 Å². The maximum absolute atomic E-state index is 13.1. The molecule has 162 valence electrons. The summed E-state index contributed by atoms with van der Waals surface area (Å²) in [6.07, 6.45) is -1.21. The van der Waals surface area contributed by atoms with Crippen molar-refractivity contribution in [2.75, 3.05) is 13.7 Å². The highest BCUT2D eigenvalue weighted by molar-refractivity contribution is 5.89.